The number of carbonyl (C=O) groups is 1. The van der Waals surface area contributed by atoms with Crippen LogP contribution in [0.4, 0.5) is 0 Å². The first-order valence-corrected chi connectivity index (χ1v) is 4.71. The Morgan fingerprint density at radius 2 is 2.38 bits per heavy atom. The van der Waals surface area contributed by atoms with Crippen LogP contribution in [0.2, 0.25) is 0 Å². The zero-order valence-electron chi connectivity index (χ0n) is 8.25. The smallest absolute Gasteiger partial charge is 0.308 e. The van der Waals surface area contributed by atoms with Gasteiger partial charge in [0.15, 0.2) is 0 Å². The minimum absolute atomic E-state index is 0.0179. The molecule has 0 unspecified atom stereocenters. The normalized spacial score (nSPS) is 14.8. The maximum absolute atomic E-state index is 11.1. The minimum atomic E-state index is -0.105. The monoisotopic (exact) mass is 180 g/mol. The van der Waals surface area contributed by atoms with E-state index in [0.717, 1.165) is 12.8 Å². The zero-order chi connectivity index (χ0) is 9.68. The van der Waals surface area contributed by atoms with Crippen LogP contribution >= 0.6 is 0 Å². The predicted octanol–water partition coefficient (Wildman–Crippen LogP) is 2.46. The molecule has 0 aromatic heterocycles. The Morgan fingerprint density at radius 3 is 2.92 bits per heavy atom. The fourth-order valence-corrected chi connectivity index (χ4v) is 1.13. The van der Waals surface area contributed by atoms with Gasteiger partial charge in [-0.3, -0.25) is 4.79 Å². The molecule has 0 aliphatic heterocycles. The summed E-state index contributed by atoms with van der Waals surface area (Å²) >= 11 is 0. The van der Waals surface area contributed by atoms with Crippen LogP contribution < -0.4 is 0 Å². The molecule has 0 heterocycles. The van der Waals surface area contributed by atoms with Crippen molar-refractivity contribution in [3.05, 3.63) is 23.8 Å². The van der Waals surface area contributed by atoms with Gasteiger partial charge in [-0.2, -0.15) is 0 Å². The summed E-state index contributed by atoms with van der Waals surface area (Å²) in [7, 11) is 0. The van der Waals surface area contributed by atoms with Crippen molar-refractivity contribution in [1.29, 1.82) is 0 Å². The maximum atomic E-state index is 11.1. The van der Waals surface area contributed by atoms with E-state index in [2.05, 4.69) is 12.2 Å². The minimum Gasteiger partial charge on any atom is -0.465 e. The molecule has 1 rings (SSSR count). The first kappa shape index (κ1) is 10.0. The molecule has 1 aliphatic rings. The third-order valence-corrected chi connectivity index (χ3v) is 1.99. The standard InChI is InChI=1S/C11H16O2/c1-9(2)11(12)13-8-7-10-5-3-4-6-10/h3-5,9H,6-8H2,1-2H3. The second-order valence-corrected chi connectivity index (χ2v) is 3.53. The molecule has 0 aromatic rings. The lowest BCUT2D eigenvalue weighted by molar-refractivity contribution is -0.147. The number of rotatable bonds is 4. The SMILES string of the molecule is CC(C)C(=O)OCCC1=CC=CC1. The number of esters is 1. The first-order chi connectivity index (χ1) is 6.20. The largest absolute Gasteiger partial charge is 0.465 e. The Hall–Kier alpha value is -1.05. The summed E-state index contributed by atoms with van der Waals surface area (Å²) in [6.07, 6.45) is 8.12. The Kier molecular flexibility index (Phi) is 3.74. The fourth-order valence-electron chi connectivity index (χ4n) is 1.13. The van der Waals surface area contributed by atoms with Gasteiger partial charge in [-0.15, -0.1) is 0 Å². The highest BCUT2D eigenvalue weighted by molar-refractivity contribution is 5.71. The summed E-state index contributed by atoms with van der Waals surface area (Å²) in [6, 6.07) is 0. The van der Waals surface area contributed by atoms with Crippen LogP contribution in [0.5, 0.6) is 0 Å². The molecular weight excluding hydrogens is 164 g/mol. The van der Waals surface area contributed by atoms with Gasteiger partial charge in [0.05, 0.1) is 12.5 Å². The Labute approximate surface area is 79.3 Å². The summed E-state index contributed by atoms with van der Waals surface area (Å²) < 4.78 is 5.06. The van der Waals surface area contributed by atoms with E-state index >= 15 is 0 Å². The number of carbonyl (C=O) groups excluding carboxylic acids is 1. The summed E-state index contributed by atoms with van der Waals surface area (Å²) in [5.74, 6) is -0.123. The molecule has 0 aromatic carbocycles. The van der Waals surface area contributed by atoms with Crippen molar-refractivity contribution in [2.75, 3.05) is 6.61 Å². The van der Waals surface area contributed by atoms with Gasteiger partial charge in [-0.25, -0.2) is 0 Å². The van der Waals surface area contributed by atoms with E-state index in [1.54, 1.807) is 0 Å². The van der Waals surface area contributed by atoms with Crippen LogP contribution in [-0.4, -0.2) is 12.6 Å². The average molecular weight is 180 g/mol. The molecule has 0 fully saturated rings. The Bertz CT molecular complexity index is 236. The first-order valence-electron chi connectivity index (χ1n) is 4.71. The molecular formula is C11H16O2. The van der Waals surface area contributed by atoms with Gasteiger partial charge in [0, 0.05) is 6.42 Å². The molecule has 1 aliphatic carbocycles. The number of hydrogen-bond donors (Lipinski definition) is 0. The van der Waals surface area contributed by atoms with Gasteiger partial charge in [0.1, 0.15) is 0 Å². The number of ether oxygens (including phenoxy) is 1. The molecule has 0 N–H and O–H groups in total. The van der Waals surface area contributed by atoms with Gasteiger partial charge < -0.3 is 4.74 Å². The van der Waals surface area contributed by atoms with Gasteiger partial charge in [-0.05, 0) is 6.42 Å². The van der Waals surface area contributed by atoms with Crippen molar-refractivity contribution < 1.29 is 9.53 Å². The second kappa shape index (κ2) is 4.85. The highest BCUT2D eigenvalue weighted by Gasteiger charge is 2.08. The lowest BCUT2D eigenvalue weighted by Gasteiger charge is -2.06. The molecule has 0 atom stereocenters. The van der Waals surface area contributed by atoms with Gasteiger partial charge >= 0.3 is 5.97 Å². The highest BCUT2D eigenvalue weighted by Crippen LogP contribution is 2.14. The molecule has 0 amide bonds. The van der Waals surface area contributed by atoms with Crippen molar-refractivity contribution in [3.8, 4) is 0 Å². The third kappa shape index (κ3) is 3.45. The highest BCUT2D eigenvalue weighted by atomic mass is 16.5. The second-order valence-electron chi connectivity index (χ2n) is 3.53. The lowest BCUT2D eigenvalue weighted by atomic mass is 10.2. The number of allylic oxidation sites excluding steroid dienone is 3. The Balaban J connectivity index is 2.11. The van der Waals surface area contributed by atoms with E-state index in [1.165, 1.54) is 5.57 Å². The van der Waals surface area contributed by atoms with Crippen molar-refractivity contribution in [1.82, 2.24) is 0 Å². The molecule has 2 nitrogen and oxygen atoms in total. The van der Waals surface area contributed by atoms with Crippen molar-refractivity contribution >= 4 is 5.97 Å². The van der Waals surface area contributed by atoms with Gasteiger partial charge in [-0.1, -0.05) is 37.6 Å². The van der Waals surface area contributed by atoms with Crippen LogP contribution in [0.3, 0.4) is 0 Å². The molecule has 0 spiro atoms. The van der Waals surface area contributed by atoms with Crippen molar-refractivity contribution in [3.63, 3.8) is 0 Å². The average Bonchev–Trinajstić information content (AvgIpc) is 2.56. The van der Waals surface area contributed by atoms with E-state index in [1.807, 2.05) is 19.9 Å². The summed E-state index contributed by atoms with van der Waals surface area (Å²) in [5, 5.41) is 0. The van der Waals surface area contributed by atoms with E-state index < -0.39 is 0 Å². The summed E-state index contributed by atoms with van der Waals surface area (Å²) in [5.41, 5.74) is 1.34. The maximum Gasteiger partial charge on any atom is 0.308 e. The third-order valence-electron chi connectivity index (χ3n) is 1.99. The molecule has 13 heavy (non-hydrogen) atoms. The van der Waals surface area contributed by atoms with E-state index in [9.17, 15) is 4.79 Å². The van der Waals surface area contributed by atoms with Crippen LogP contribution in [0.25, 0.3) is 0 Å². The number of hydrogen-bond acceptors (Lipinski definition) is 2. The molecule has 0 bridgehead atoms. The molecule has 0 saturated heterocycles. The van der Waals surface area contributed by atoms with Crippen molar-refractivity contribution in [2.45, 2.75) is 26.7 Å². The van der Waals surface area contributed by atoms with E-state index in [4.69, 9.17) is 4.74 Å². The lowest BCUT2D eigenvalue weighted by Crippen LogP contribution is -2.12. The van der Waals surface area contributed by atoms with Crippen molar-refractivity contribution in [2.24, 2.45) is 5.92 Å². The van der Waals surface area contributed by atoms with Gasteiger partial charge in [0.2, 0.25) is 0 Å². The molecule has 0 radical (unpaired) electrons. The zero-order valence-corrected chi connectivity index (χ0v) is 8.25. The molecule has 0 saturated carbocycles. The fraction of sp³-hybridized carbons (Fsp3) is 0.545. The van der Waals surface area contributed by atoms with Crippen LogP contribution in [0, 0.1) is 5.92 Å². The van der Waals surface area contributed by atoms with Gasteiger partial charge in [0.25, 0.3) is 0 Å². The van der Waals surface area contributed by atoms with Crippen LogP contribution in [-0.2, 0) is 9.53 Å². The topological polar surface area (TPSA) is 26.3 Å². The Morgan fingerprint density at radius 1 is 1.62 bits per heavy atom. The summed E-state index contributed by atoms with van der Waals surface area (Å²) in [6.45, 7) is 4.21. The van der Waals surface area contributed by atoms with E-state index in [0.29, 0.717) is 6.61 Å². The molecule has 72 valence electrons. The van der Waals surface area contributed by atoms with Crippen LogP contribution in [0.1, 0.15) is 26.7 Å². The molecule has 2 heteroatoms. The van der Waals surface area contributed by atoms with Crippen LogP contribution in [0.15, 0.2) is 23.8 Å². The summed E-state index contributed by atoms with van der Waals surface area (Å²) in [4.78, 5) is 11.1. The predicted molar refractivity (Wildman–Crippen MR) is 52.3 cm³/mol. The van der Waals surface area contributed by atoms with E-state index in [-0.39, 0.29) is 11.9 Å². The quantitative estimate of drug-likeness (QED) is 0.621.